The second-order valence-corrected chi connectivity index (χ2v) is 8.74. The van der Waals surface area contributed by atoms with Gasteiger partial charge >= 0.3 is 6.03 Å². The van der Waals surface area contributed by atoms with Crippen LogP contribution in [0.2, 0.25) is 0 Å². The summed E-state index contributed by atoms with van der Waals surface area (Å²) in [6, 6.07) is 9.23. The van der Waals surface area contributed by atoms with Crippen molar-refractivity contribution in [2.45, 2.75) is 23.9 Å². The predicted molar refractivity (Wildman–Crippen MR) is 129 cm³/mol. The molecule has 11 nitrogen and oxygen atoms in total. The van der Waals surface area contributed by atoms with Gasteiger partial charge in [-0.05, 0) is 56.9 Å². The van der Waals surface area contributed by atoms with E-state index < -0.39 is 0 Å². The van der Waals surface area contributed by atoms with Crippen LogP contribution in [-0.2, 0) is 0 Å². The molecule has 174 valence electrons. The number of nitrogens with zero attached hydrogens (tertiary/aromatic N) is 6. The van der Waals surface area contributed by atoms with E-state index in [9.17, 15) is 4.79 Å². The molecule has 33 heavy (non-hydrogen) atoms. The molecule has 0 saturated carbocycles. The van der Waals surface area contributed by atoms with Crippen LogP contribution in [0.25, 0.3) is 0 Å². The zero-order valence-corrected chi connectivity index (χ0v) is 19.7. The number of H-pyrrole nitrogens is 1. The lowest BCUT2D eigenvalue weighted by Crippen LogP contribution is -2.45. The number of rotatable bonds is 7. The van der Waals surface area contributed by atoms with E-state index in [2.05, 4.69) is 53.0 Å². The lowest BCUT2D eigenvalue weighted by atomic mass is 10.3. The molecule has 4 N–H and O–H groups in total. The summed E-state index contributed by atoms with van der Waals surface area (Å²) in [5.41, 5.74) is 1.66. The highest BCUT2D eigenvalue weighted by atomic mass is 32.2. The van der Waals surface area contributed by atoms with E-state index in [0.717, 1.165) is 42.5 Å². The molecule has 1 saturated heterocycles. The van der Waals surface area contributed by atoms with E-state index in [0.29, 0.717) is 29.4 Å². The Morgan fingerprint density at radius 2 is 1.88 bits per heavy atom. The molecule has 0 unspecified atom stereocenters. The van der Waals surface area contributed by atoms with Crippen molar-refractivity contribution in [3.8, 4) is 0 Å². The average molecular weight is 469 g/mol. The summed E-state index contributed by atoms with van der Waals surface area (Å²) in [7, 11) is 2.11. The van der Waals surface area contributed by atoms with Gasteiger partial charge in [-0.1, -0.05) is 0 Å². The van der Waals surface area contributed by atoms with E-state index >= 15 is 0 Å². The largest absolute Gasteiger partial charge is 0.338 e. The number of amides is 2. The van der Waals surface area contributed by atoms with Gasteiger partial charge in [-0.15, -0.1) is 0 Å². The fourth-order valence-electron chi connectivity index (χ4n) is 3.24. The molecular weight excluding hydrogens is 440 g/mol. The second kappa shape index (κ2) is 10.5. The average Bonchev–Trinajstić information content (AvgIpc) is 3.20. The van der Waals surface area contributed by atoms with E-state index in [1.165, 1.54) is 11.8 Å². The minimum Gasteiger partial charge on any atom is -0.338 e. The van der Waals surface area contributed by atoms with Gasteiger partial charge in [-0.3, -0.25) is 5.10 Å². The minimum atomic E-state index is -0.225. The van der Waals surface area contributed by atoms with Crippen molar-refractivity contribution in [2.75, 3.05) is 55.3 Å². The van der Waals surface area contributed by atoms with Gasteiger partial charge in [0.2, 0.25) is 11.9 Å². The number of benzene rings is 1. The molecule has 0 radical (unpaired) electrons. The smallest absolute Gasteiger partial charge is 0.319 e. The Balaban J connectivity index is 1.53. The lowest BCUT2D eigenvalue weighted by molar-refractivity contribution is 0.252. The van der Waals surface area contributed by atoms with Crippen molar-refractivity contribution in [3.05, 3.63) is 36.0 Å². The van der Waals surface area contributed by atoms with Gasteiger partial charge in [0.25, 0.3) is 0 Å². The Hall–Kier alpha value is -3.38. The molecule has 1 aliphatic heterocycles. The van der Waals surface area contributed by atoms with Gasteiger partial charge in [0.1, 0.15) is 0 Å². The quantitative estimate of drug-likeness (QED) is 0.414. The van der Waals surface area contributed by atoms with Crippen molar-refractivity contribution in [3.63, 3.8) is 0 Å². The van der Waals surface area contributed by atoms with Crippen LogP contribution < -0.4 is 20.9 Å². The lowest BCUT2D eigenvalue weighted by Gasteiger charge is -2.32. The maximum atomic E-state index is 11.7. The number of urea groups is 1. The fraction of sp³-hybridized carbons (Fsp3) is 0.381. The van der Waals surface area contributed by atoms with Crippen LogP contribution in [-0.4, -0.2) is 75.9 Å². The van der Waals surface area contributed by atoms with E-state index in [1.54, 1.807) is 0 Å². The first-order valence-corrected chi connectivity index (χ1v) is 11.6. The molecule has 1 aliphatic rings. The summed E-state index contributed by atoms with van der Waals surface area (Å²) >= 11 is 1.44. The Kier molecular flexibility index (Phi) is 7.25. The summed E-state index contributed by atoms with van der Waals surface area (Å²) in [5.74, 6) is 1.74. The number of hydrogen-bond donors (Lipinski definition) is 4. The number of nitrogens with one attached hydrogen (secondary N) is 4. The van der Waals surface area contributed by atoms with E-state index in [-0.39, 0.29) is 6.03 Å². The zero-order chi connectivity index (χ0) is 23.2. The van der Waals surface area contributed by atoms with Gasteiger partial charge in [-0.2, -0.15) is 20.1 Å². The Morgan fingerprint density at radius 1 is 1.12 bits per heavy atom. The molecule has 2 aromatic heterocycles. The molecule has 0 spiro atoms. The molecule has 12 heteroatoms. The van der Waals surface area contributed by atoms with Crippen LogP contribution >= 0.6 is 11.8 Å². The van der Waals surface area contributed by atoms with Crippen molar-refractivity contribution in [2.24, 2.45) is 0 Å². The number of piperazine rings is 1. The third-order valence-corrected chi connectivity index (χ3v) is 5.87. The van der Waals surface area contributed by atoms with Crippen molar-refractivity contribution in [1.82, 2.24) is 35.4 Å². The van der Waals surface area contributed by atoms with Gasteiger partial charge in [0, 0.05) is 55.1 Å². The molecule has 1 aromatic carbocycles. The molecule has 0 aliphatic carbocycles. The van der Waals surface area contributed by atoms with Gasteiger partial charge < -0.3 is 25.8 Å². The van der Waals surface area contributed by atoms with Crippen LogP contribution in [0.4, 0.5) is 28.2 Å². The molecular formula is C21H28N10OS. The van der Waals surface area contributed by atoms with Crippen LogP contribution in [0.3, 0.4) is 0 Å². The molecule has 0 atom stereocenters. The highest BCUT2D eigenvalue weighted by molar-refractivity contribution is 7.99. The van der Waals surface area contributed by atoms with Crippen LogP contribution in [0, 0.1) is 6.92 Å². The number of likely N-dealkylation sites (N-methyl/N-ethyl adjacent to an activating group) is 1. The van der Waals surface area contributed by atoms with Crippen molar-refractivity contribution < 1.29 is 4.79 Å². The number of aryl methyl sites for hydroxylation is 1. The normalized spacial score (nSPS) is 14.2. The summed E-state index contributed by atoms with van der Waals surface area (Å²) in [6.07, 6.45) is 0. The topological polar surface area (TPSA) is 127 Å². The van der Waals surface area contributed by atoms with Gasteiger partial charge in [-0.25, -0.2) is 4.79 Å². The number of carbonyl (C=O) groups is 1. The Morgan fingerprint density at radius 3 is 2.55 bits per heavy atom. The first-order valence-electron chi connectivity index (χ1n) is 10.8. The molecule has 2 amide bonds. The maximum Gasteiger partial charge on any atom is 0.319 e. The first-order chi connectivity index (χ1) is 16.0. The highest BCUT2D eigenvalue weighted by Gasteiger charge is 2.19. The first kappa shape index (κ1) is 22.8. The fourth-order valence-corrected chi connectivity index (χ4v) is 3.98. The summed E-state index contributed by atoms with van der Waals surface area (Å²) in [4.78, 5) is 31.1. The van der Waals surface area contributed by atoms with Gasteiger partial charge in [0.15, 0.2) is 11.0 Å². The number of anilines is 4. The number of aromatic nitrogens is 5. The molecule has 1 fully saturated rings. The number of aromatic amines is 1. The Labute approximate surface area is 196 Å². The van der Waals surface area contributed by atoms with Crippen LogP contribution in [0.1, 0.15) is 12.6 Å². The highest BCUT2D eigenvalue weighted by Crippen LogP contribution is 2.28. The van der Waals surface area contributed by atoms with Crippen molar-refractivity contribution >= 4 is 41.2 Å². The monoisotopic (exact) mass is 468 g/mol. The number of carbonyl (C=O) groups excluding carboxylic acids is 1. The second-order valence-electron chi connectivity index (χ2n) is 7.70. The van der Waals surface area contributed by atoms with Crippen molar-refractivity contribution in [1.29, 1.82) is 0 Å². The summed E-state index contributed by atoms with van der Waals surface area (Å²) in [5, 5.41) is 16.4. The zero-order valence-electron chi connectivity index (χ0n) is 18.9. The van der Waals surface area contributed by atoms with E-state index in [1.807, 2.05) is 44.2 Å². The summed E-state index contributed by atoms with van der Waals surface area (Å²) < 4.78 is 0. The summed E-state index contributed by atoms with van der Waals surface area (Å²) in [6.45, 7) is 8.00. The standard InChI is InChI=1S/C21H28N10OS/c1-4-22-20(32)23-15-5-7-16(8-6-15)33-21-26-18(24-17-13-14(2)28-29-17)25-19(27-21)31-11-9-30(3)10-12-31/h5-8,13H,4,9-12H2,1-3H3,(H2,22,23,32)(H2,24,25,26,27,28,29). The number of hydrogen-bond acceptors (Lipinski definition) is 9. The van der Waals surface area contributed by atoms with Crippen LogP contribution in [0.15, 0.2) is 40.4 Å². The SMILES string of the molecule is CCNC(=O)Nc1ccc(Sc2nc(Nc3cc(C)[nH]n3)nc(N3CCN(C)CC3)n2)cc1. The maximum absolute atomic E-state index is 11.7. The molecule has 3 aromatic rings. The minimum absolute atomic E-state index is 0.225. The predicted octanol–water partition coefficient (Wildman–Crippen LogP) is 2.69. The third kappa shape index (κ3) is 6.33. The van der Waals surface area contributed by atoms with Gasteiger partial charge in [0.05, 0.1) is 0 Å². The van der Waals surface area contributed by atoms with Crippen LogP contribution in [0.5, 0.6) is 0 Å². The Bertz CT molecular complexity index is 1080. The third-order valence-electron chi connectivity index (χ3n) is 4.99. The molecule has 4 rings (SSSR count). The van der Waals surface area contributed by atoms with E-state index in [4.69, 9.17) is 4.98 Å². The molecule has 3 heterocycles. The molecule has 0 bridgehead atoms.